The second-order valence-electron chi connectivity index (χ2n) is 3.76. The van der Waals surface area contributed by atoms with E-state index >= 15 is 0 Å². The van der Waals surface area contributed by atoms with Crippen molar-refractivity contribution in [1.82, 2.24) is 5.32 Å². The molecule has 3 heteroatoms. The monoisotopic (exact) mass is 208 g/mol. The van der Waals surface area contributed by atoms with Crippen molar-refractivity contribution in [1.29, 1.82) is 0 Å². The molecule has 0 aliphatic carbocycles. The van der Waals surface area contributed by atoms with E-state index in [-0.39, 0.29) is 6.04 Å². The first-order chi connectivity index (χ1) is 7.13. The van der Waals surface area contributed by atoms with Crippen molar-refractivity contribution in [2.45, 2.75) is 19.9 Å². The quantitative estimate of drug-likeness (QED) is 0.789. The highest BCUT2D eigenvalue weighted by Gasteiger charge is 2.13. The molecular weight excluding hydrogens is 188 g/mol. The van der Waals surface area contributed by atoms with Gasteiger partial charge in [-0.1, -0.05) is 6.07 Å². The van der Waals surface area contributed by atoms with Crippen LogP contribution in [0.5, 0.6) is 5.75 Å². The van der Waals surface area contributed by atoms with Gasteiger partial charge in [0.25, 0.3) is 0 Å². The summed E-state index contributed by atoms with van der Waals surface area (Å²) >= 11 is 0. The molecule has 1 aromatic rings. The maximum atomic E-state index is 5.71. The van der Waals surface area contributed by atoms with Crippen LogP contribution in [-0.2, 0) is 0 Å². The second kappa shape index (κ2) is 5.14. The highest BCUT2D eigenvalue weighted by atomic mass is 16.5. The van der Waals surface area contributed by atoms with E-state index in [0.29, 0.717) is 6.54 Å². The average Bonchev–Trinajstić information content (AvgIpc) is 2.24. The number of nitrogens with two attached hydrogens (primary N) is 1. The fourth-order valence-electron chi connectivity index (χ4n) is 1.66. The van der Waals surface area contributed by atoms with E-state index in [2.05, 4.69) is 31.3 Å². The third kappa shape index (κ3) is 2.49. The number of benzene rings is 1. The van der Waals surface area contributed by atoms with E-state index in [1.807, 2.05) is 7.05 Å². The summed E-state index contributed by atoms with van der Waals surface area (Å²) in [4.78, 5) is 0. The number of nitrogens with one attached hydrogen (secondary N) is 1. The van der Waals surface area contributed by atoms with E-state index in [1.165, 1.54) is 11.1 Å². The minimum absolute atomic E-state index is 0.152. The van der Waals surface area contributed by atoms with Crippen molar-refractivity contribution < 1.29 is 4.74 Å². The molecule has 1 unspecified atom stereocenters. The van der Waals surface area contributed by atoms with Gasteiger partial charge >= 0.3 is 0 Å². The largest absolute Gasteiger partial charge is 0.496 e. The van der Waals surface area contributed by atoms with Gasteiger partial charge in [0.15, 0.2) is 0 Å². The Balaban J connectivity index is 3.20. The van der Waals surface area contributed by atoms with Gasteiger partial charge in [0.05, 0.1) is 7.11 Å². The van der Waals surface area contributed by atoms with Gasteiger partial charge in [0, 0.05) is 18.2 Å². The molecule has 0 saturated carbocycles. The summed E-state index contributed by atoms with van der Waals surface area (Å²) in [5, 5.41) is 3.18. The van der Waals surface area contributed by atoms with Gasteiger partial charge in [-0.3, -0.25) is 0 Å². The van der Waals surface area contributed by atoms with E-state index in [0.717, 1.165) is 11.3 Å². The number of likely N-dealkylation sites (N-methyl/N-ethyl adjacent to an activating group) is 1. The molecule has 0 aliphatic heterocycles. The fraction of sp³-hybridized carbons (Fsp3) is 0.500. The molecule has 15 heavy (non-hydrogen) atoms. The molecule has 0 heterocycles. The lowest BCUT2D eigenvalue weighted by molar-refractivity contribution is 0.401. The lowest BCUT2D eigenvalue weighted by atomic mass is 10.00. The Kier molecular flexibility index (Phi) is 4.12. The van der Waals surface area contributed by atoms with Crippen LogP contribution in [0.2, 0.25) is 0 Å². The molecule has 3 N–H and O–H groups in total. The van der Waals surface area contributed by atoms with Gasteiger partial charge in [-0.25, -0.2) is 0 Å². The standard InChI is InChI=1S/C12H20N2O/c1-8-5-10(11(7-13)14-3)12(15-4)6-9(8)2/h5-6,11,14H,7,13H2,1-4H3. The normalized spacial score (nSPS) is 12.6. The zero-order valence-corrected chi connectivity index (χ0v) is 9.92. The molecule has 0 fully saturated rings. The average molecular weight is 208 g/mol. The first-order valence-electron chi connectivity index (χ1n) is 5.16. The van der Waals surface area contributed by atoms with Crippen LogP contribution < -0.4 is 15.8 Å². The minimum atomic E-state index is 0.152. The summed E-state index contributed by atoms with van der Waals surface area (Å²) in [6.45, 7) is 4.75. The van der Waals surface area contributed by atoms with Crippen LogP contribution in [0.1, 0.15) is 22.7 Å². The number of hydrogen-bond acceptors (Lipinski definition) is 3. The SMILES string of the molecule is CNC(CN)c1cc(C)c(C)cc1OC. The Bertz CT molecular complexity index is 333. The molecule has 0 aromatic heterocycles. The third-order valence-electron chi connectivity index (χ3n) is 2.81. The van der Waals surface area contributed by atoms with E-state index in [4.69, 9.17) is 10.5 Å². The summed E-state index contributed by atoms with van der Waals surface area (Å²) in [5.74, 6) is 0.905. The zero-order valence-electron chi connectivity index (χ0n) is 9.92. The first kappa shape index (κ1) is 12.0. The van der Waals surface area contributed by atoms with Crippen LogP contribution >= 0.6 is 0 Å². The predicted octanol–water partition coefficient (Wildman–Crippen LogP) is 1.53. The van der Waals surface area contributed by atoms with Gasteiger partial charge in [-0.2, -0.15) is 0 Å². The first-order valence-corrected chi connectivity index (χ1v) is 5.16. The minimum Gasteiger partial charge on any atom is -0.496 e. The maximum absolute atomic E-state index is 5.71. The molecule has 0 spiro atoms. The van der Waals surface area contributed by atoms with Gasteiger partial charge in [0.1, 0.15) is 5.75 Å². The topological polar surface area (TPSA) is 47.3 Å². The molecule has 0 amide bonds. The van der Waals surface area contributed by atoms with Crippen molar-refractivity contribution in [3.63, 3.8) is 0 Å². The molecule has 1 rings (SSSR count). The lowest BCUT2D eigenvalue weighted by Gasteiger charge is -2.19. The molecule has 1 atom stereocenters. The van der Waals surface area contributed by atoms with Gasteiger partial charge in [-0.15, -0.1) is 0 Å². The summed E-state index contributed by atoms with van der Waals surface area (Å²) < 4.78 is 5.37. The highest BCUT2D eigenvalue weighted by molar-refractivity contribution is 5.43. The Hall–Kier alpha value is -1.06. The van der Waals surface area contributed by atoms with E-state index < -0.39 is 0 Å². The summed E-state index contributed by atoms with van der Waals surface area (Å²) in [6, 6.07) is 4.35. The van der Waals surface area contributed by atoms with Crippen LogP contribution in [0.3, 0.4) is 0 Å². The van der Waals surface area contributed by atoms with Crippen molar-refractivity contribution >= 4 is 0 Å². The van der Waals surface area contributed by atoms with Crippen LogP contribution in [0, 0.1) is 13.8 Å². The van der Waals surface area contributed by atoms with Gasteiger partial charge in [0.2, 0.25) is 0 Å². The number of ether oxygens (including phenoxy) is 1. The molecular formula is C12H20N2O. The highest BCUT2D eigenvalue weighted by Crippen LogP contribution is 2.27. The Morgan fingerprint density at radius 1 is 1.33 bits per heavy atom. The second-order valence-corrected chi connectivity index (χ2v) is 3.76. The van der Waals surface area contributed by atoms with Crippen molar-refractivity contribution in [2.24, 2.45) is 5.73 Å². The summed E-state index contributed by atoms with van der Waals surface area (Å²) in [5.41, 5.74) is 9.34. The Morgan fingerprint density at radius 2 is 1.93 bits per heavy atom. The molecule has 0 bridgehead atoms. The van der Waals surface area contributed by atoms with Crippen molar-refractivity contribution in [2.75, 3.05) is 20.7 Å². The zero-order chi connectivity index (χ0) is 11.4. The van der Waals surface area contributed by atoms with Crippen LogP contribution in [0.4, 0.5) is 0 Å². The van der Waals surface area contributed by atoms with E-state index in [1.54, 1.807) is 7.11 Å². The number of rotatable bonds is 4. The summed E-state index contributed by atoms with van der Waals surface area (Å²) in [6.07, 6.45) is 0. The van der Waals surface area contributed by atoms with Crippen LogP contribution in [-0.4, -0.2) is 20.7 Å². The number of hydrogen-bond donors (Lipinski definition) is 2. The van der Waals surface area contributed by atoms with Crippen LogP contribution in [0.15, 0.2) is 12.1 Å². The molecule has 1 aromatic carbocycles. The van der Waals surface area contributed by atoms with Gasteiger partial charge in [-0.05, 0) is 38.1 Å². The van der Waals surface area contributed by atoms with Crippen molar-refractivity contribution in [3.8, 4) is 5.75 Å². The molecule has 0 saturated heterocycles. The third-order valence-corrected chi connectivity index (χ3v) is 2.81. The smallest absolute Gasteiger partial charge is 0.123 e. The molecule has 0 aliphatic rings. The Labute approximate surface area is 91.6 Å². The number of methoxy groups -OCH3 is 1. The van der Waals surface area contributed by atoms with Crippen molar-refractivity contribution in [3.05, 3.63) is 28.8 Å². The maximum Gasteiger partial charge on any atom is 0.123 e. The van der Waals surface area contributed by atoms with Crippen LogP contribution in [0.25, 0.3) is 0 Å². The molecule has 84 valence electrons. The fourth-order valence-corrected chi connectivity index (χ4v) is 1.66. The van der Waals surface area contributed by atoms with Gasteiger partial charge < -0.3 is 15.8 Å². The lowest BCUT2D eigenvalue weighted by Crippen LogP contribution is -2.25. The van der Waals surface area contributed by atoms with E-state index in [9.17, 15) is 0 Å². The molecule has 0 radical (unpaired) electrons. The molecule has 3 nitrogen and oxygen atoms in total. The Morgan fingerprint density at radius 3 is 2.40 bits per heavy atom. The predicted molar refractivity (Wildman–Crippen MR) is 63.3 cm³/mol. The summed E-state index contributed by atoms with van der Waals surface area (Å²) in [7, 11) is 3.60. The number of aryl methyl sites for hydroxylation is 2.